The summed E-state index contributed by atoms with van der Waals surface area (Å²) in [5.41, 5.74) is 1.96. The van der Waals surface area contributed by atoms with Crippen LogP contribution in [-0.2, 0) is 4.74 Å². The van der Waals surface area contributed by atoms with Crippen LogP contribution in [0.5, 0.6) is 0 Å². The average molecular weight is 367 g/mol. The Labute approximate surface area is 159 Å². The third kappa shape index (κ3) is 7.75. The molecule has 4 heteroatoms. The van der Waals surface area contributed by atoms with Crippen LogP contribution in [0.3, 0.4) is 0 Å². The number of hydrogen-bond donors (Lipinski definition) is 3. The van der Waals surface area contributed by atoms with Crippen molar-refractivity contribution < 1.29 is 20.1 Å². The topological polar surface area (TPSA) is 69.9 Å². The van der Waals surface area contributed by atoms with Gasteiger partial charge < -0.3 is 20.1 Å². The van der Waals surface area contributed by atoms with E-state index in [4.69, 9.17) is 9.84 Å². The molecule has 150 valence electrons. The van der Waals surface area contributed by atoms with Crippen molar-refractivity contribution in [3.63, 3.8) is 0 Å². The van der Waals surface area contributed by atoms with Gasteiger partial charge in [-0.15, -0.1) is 0 Å². The van der Waals surface area contributed by atoms with Crippen LogP contribution in [0.2, 0.25) is 0 Å². The van der Waals surface area contributed by atoms with Gasteiger partial charge in [0.05, 0.1) is 30.5 Å². The summed E-state index contributed by atoms with van der Waals surface area (Å²) in [4.78, 5) is 0. The van der Waals surface area contributed by atoms with Crippen LogP contribution in [-0.4, -0.2) is 45.8 Å². The Kier molecular flexibility index (Phi) is 9.25. The number of aliphatic hydroxyl groups is 3. The zero-order chi connectivity index (χ0) is 19.9. The first-order valence-corrected chi connectivity index (χ1v) is 9.69. The lowest BCUT2D eigenvalue weighted by molar-refractivity contribution is -0.0138. The first-order chi connectivity index (χ1) is 12.1. The fraction of sp³-hybridized carbons (Fsp3) is 0.727. The van der Waals surface area contributed by atoms with Gasteiger partial charge in [-0.25, -0.2) is 0 Å². The summed E-state index contributed by atoms with van der Waals surface area (Å²) in [6.07, 6.45) is 6.24. The van der Waals surface area contributed by atoms with Gasteiger partial charge in [0.2, 0.25) is 0 Å². The standard InChI is InChI=1S/C22H38O4/c1-15(2)8-7-9-21-18(5)13-22(6,26-21)12-17(4)16(3)10-19(24)11-20(25)14-23/h7,9,16,18-21,23-25H,1,4,8,10-14H2,2-3,5-6H3/b9-7+. The number of hydrogen-bond acceptors (Lipinski definition) is 4. The van der Waals surface area contributed by atoms with Gasteiger partial charge in [0.1, 0.15) is 0 Å². The molecule has 1 aliphatic heterocycles. The maximum Gasteiger partial charge on any atom is 0.0795 e. The molecule has 0 aromatic heterocycles. The molecule has 4 nitrogen and oxygen atoms in total. The summed E-state index contributed by atoms with van der Waals surface area (Å²) >= 11 is 0. The van der Waals surface area contributed by atoms with E-state index in [0.717, 1.165) is 30.4 Å². The summed E-state index contributed by atoms with van der Waals surface area (Å²) in [5, 5.41) is 28.4. The largest absolute Gasteiger partial charge is 0.394 e. The normalized spacial score (nSPS) is 29.7. The van der Waals surface area contributed by atoms with E-state index >= 15 is 0 Å². The van der Waals surface area contributed by atoms with E-state index in [9.17, 15) is 10.2 Å². The van der Waals surface area contributed by atoms with Crippen LogP contribution in [0, 0.1) is 11.8 Å². The molecule has 26 heavy (non-hydrogen) atoms. The number of ether oxygens (including phenoxy) is 1. The average Bonchev–Trinajstić information content (AvgIpc) is 2.80. The maximum atomic E-state index is 10.1. The smallest absolute Gasteiger partial charge is 0.0795 e. The molecule has 6 atom stereocenters. The van der Waals surface area contributed by atoms with E-state index in [2.05, 4.69) is 39.2 Å². The summed E-state index contributed by atoms with van der Waals surface area (Å²) in [7, 11) is 0. The molecular weight excluding hydrogens is 328 g/mol. The van der Waals surface area contributed by atoms with Gasteiger partial charge >= 0.3 is 0 Å². The van der Waals surface area contributed by atoms with Crippen LogP contribution >= 0.6 is 0 Å². The summed E-state index contributed by atoms with van der Waals surface area (Å²) < 4.78 is 6.34. The second-order valence-corrected chi connectivity index (χ2v) is 8.50. The number of allylic oxidation sites excluding steroid dienone is 2. The molecule has 0 aliphatic carbocycles. The molecule has 0 spiro atoms. The molecule has 0 aromatic carbocycles. The molecule has 0 aromatic rings. The molecule has 1 aliphatic rings. The van der Waals surface area contributed by atoms with E-state index in [1.165, 1.54) is 0 Å². The van der Waals surface area contributed by atoms with Crippen LogP contribution in [0.4, 0.5) is 0 Å². The second-order valence-electron chi connectivity index (χ2n) is 8.50. The first-order valence-electron chi connectivity index (χ1n) is 9.69. The van der Waals surface area contributed by atoms with Crippen LogP contribution in [0.25, 0.3) is 0 Å². The minimum atomic E-state index is -0.867. The van der Waals surface area contributed by atoms with Crippen molar-refractivity contribution >= 4 is 0 Å². The van der Waals surface area contributed by atoms with Crippen molar-refractivity contribution in [3.05, 3.63) is 36.5 Å². The predicted molar refractivity (Wildman–Crippen MR) is 107 cm³/mol. The highest BCUT2D eigenvalue weighted by Gasteiger charge is 2.40. The molecule has 1 saturated heterocycles. The Hall–Kier alpha value is -0.940. The Morgan fingerprint density at radius 1 is 1.27 bits per heavy atom. The highest BCUT2D eigenvalue weighted by molar-refractivity contribution is 5.10. The summed E-state index contributed by atoms with van der Waals surface area (Å²) in [6, 6.07) is 0. The van der Waals surface area contributed by atoms with Crippen molar-refractivity contribution in [1.82, 2.24) is 0 Å². The number of aliphatic hydroxyl groups excluding tert-OH is 3. The third-order valence-electron chi connectivity index (χ3n) is 5.21. The van der Waals surface area contributed by atoms with Crippen molar-refractivity contribution in [3.8, 4) is 0 Å². The van der Waals surface area contributed by atoms with E-state index < -0.39 is 12.2 Å². The van der Waals surface area contributed by atoms with Crippen molar-refractivity contribution in [2.75, 3.05) is 6.61 Å². The van der Waals surface area contributed by atoms with E-state index in [1.807, 2.05) is 13.8 Å². The fourth-order valence-corrected chi connectivity index (χ4v) is 3.75. The molecule has 1 heterocycles. The molecule has 0 radical (unpaired) electrons. The second kappa shape index (κ2) is 10.4. The van der Waals surface area contributed by atoms with Gasteiger partial charge in [-0.05, 0) is 51.4 Å². The van der Waals surface area contributed by atoms with Gasteiger partial charge in [0.15, 0.2) is 0 Å². The van der Waals surface area contributed by atoms with E-state index in [1.54, 1.807) is 0 Å². The Morgan fingerprint density at radius 2 is 1.92 bits per heavy atom. The highest BCUT2D eigenvalue weighted by atomic mass is 16.5. The lowest BCUT2D eigenvalue weighted by Gasteiger charge is -2.28. The maximum absolute atomic E-state index is 10.1. The van der Waals surface area contributed by atoms with Crippen LogP contribution in [0.1, 0.15) is 59.8 Å². The van der Waals surface area contributed by atoms with Gasteiger partial charge in [0, 0.05) is 6.42 Å². The molecule has 0 bridgehead atoms. The summed E-state index contributed by atoms with van der Waals surface area (Å²) in [6.45, 7) is 16.2. The van der Waals surface area contributed by atoms with Crippen LogP contribution in [0.15, 0.2) is 36.5 Å². The third-order valence-corrected chi connectivity index (χ3v) is 5.21. The molecule has 0 amide bonds. The van der Waals surface area contributed by atoms with E-state index in [-0.39, 0.29) is 30.7 Å². The minimum absolute atomic E-state index is 0.118. The van der Waals surface area contributed by atoms with Gasteiger partial charge in [-0.1, -0.05) is 50.3 Å². The molecule has 6 unspecified atom stereocenters. The van der Waals surface area contributed by atoms with E-state index in [0.29, 0.717) is 12.3 Å². The number of rotatable bonds is 11. The van der Waals surface area contributed by atoms with Crippen molar-refractivity contribution in [1.29, 1.82) is 0 Å². The molecule has 3 N–H and O–H groups in total. The lowest BCUT2D eigenvalue weighted by Crippen LogP contribution is -2.28. The van der Waals surface area contributed by atoms with Gasteiger partial charge in [-0.2, -0.15) is 0 Å². The lowest BCUT2D eigenvalue weighted by atomic mass is 9.83. The molecule has 0 saturated carbocycles. The van der Waals surface area contributed by atoms with Gasteiger partial charge in [-0.3, -0.25) is 0 Å². The monoisotopic (exact) mass is 366 g/mol. The SMILES string of the molecule is C=C(C)C/C=C/C1OC(C)(CC(=C)C(C)CC(O)CC(O)CO)CC1C. The van der Waals surface area contributed by atoms with Gasteiger partial charge in [0.25, 0.3) is 0 Å². The highest BCUT2D eigenvalue weighted by Crippen LogP contribution is 2.40. The zero-order valence-corrected chi connectivity index (χ0v) is 16.9. The molecule has 1 fully saturated rings. The van der Waals surface area contributed by atoms with Crippen LogP contribution < -0.4 is 0 Å². The Balaban J connectivity index is 2.54. The first kappa shape index (κ1) is 23.1. The quantitative estimate of drug-likeness (QED) is 0.487. The zero-order valence-electron chi connectivity index (χ0n) is 16.9. The fourth-order valence-electron chi connectivity index (χ4n) is 3.75. The summed E-state index contributed by atoms with van der Waals surface area (Å²) in [5.74, 6) is 0.583. The predicted octanol–water partition coefficient (Wildman–Crippen LogP) is 3.77. The minimum Gasteiger partial charge on any atom is -0.394 e. The molecular formula is C22H38O4. The molecule has 1 rings (SSSR count). The Bertz CT molecular complexity index is 498. The Morgan fingerprint density at radius 3 is 2.50 bits per heavy atom. The van der Waals surface area contributed by atoms with Crippen molar-refractivity contribution in [2.24, 2.45) is 11.8 Å². The van der Waals surface area contributed by atoms with Crippen molar-refractivity contribution in [2.45, 2.75) is 83.7 Å².